The van der Waals surface area contributed by atoms with Gasteiger partial charge in [0.05, 0.1) is 0 Å². The minimum absolute atomic E-state index is 0. The zero-order chi connectivity index (χ0) is 5.98. The number of aromatic nitrogens is 1. The normalized spacial score (nSPS) is 8.33. The van der Waals surface area contributed by atoms with Gasteiger partial charge in [0.15, 0.2) is 0 Å². The topological polar surface area (TPSA) is 12.9 Å². The molecule has 1 rings (SSSR count). The van der Waals surface area contributed by atoms with Gasteiger partial charge >= 0.3 is 61.3 Å². The van der Waals surface area contributed by atoms with E-state index in [4.69, 9.17) is 0 Å². The number of aryl methyl sites for hydroxylation is 1. The molecule has 3 heteroatoms. The van der Waals surface area contributed by atoms with Crippen molar-refractivity contribution in [2.75, 3.05) is 0 Å². The van der Waals surface area contributed by atoms with Crippen LogP contribution < -0.4 is 20.8 Å². The predicted octanol–water partition coefficient (Wildman–Crippen LogP) is -2.81. The summed E-state index contributed by atoms with van der Waals surface area (Å²) in [6.45, 7) is 2.07. The van der Waals surface area contributed by atoms with E-state index in [2.05, 4.69) is 18.0 Å². The van der Waals surface area contributed by atoms with E-state index in [9.17, 15) is 0 Å². The van der Waals surface area contributed by atoms with Crippen LogP contribution >= 0.6 is 0 Å². The summed E-state index contributed by atoms with van der Waals surface area (Å²) in [5, 5.41) is 0. The monoisotopic (exact) mass is 195 g/mol. The third-order valence-electron chi connectivity index (χ3n) is 0.972. The van der Waals surface area contributed by atoms with Crippen LogP contribution in [0.25, 0.3) is 0 Å². The molecule has 0 radical (unpaired) electrons. The van der Waals surface area contributed by atoms with Gasteiger partial charge in [-0.3, -0.25) is 0 Å². The number of pyridine rings is 1. The van der Waals surface area contributed by atoms with Gasteiger partial charge in [-0.15, -0.1) is 0 Å². The fourth-order valence-corrected chi connectivity index (χ4v) is 1.03. The maximum atomic E-state index is 4.05. The largest absolute Gasteiger partial charge is 1.00 e. The van der Waals surface area contributed by atoms with Crippen LogP contribution in [0.1, 0.15) is 5.56 Å². The SMILES string of the molecule is Cc1ccn[c]([Mg+])c1.[Br-]. The van der Waals surface area contributed by atoms with Crippen molar-refractivity contribution in [3.63, 3.8) is 0 Å². The van der Waals surface area contributed by atoms with E-state index < -0.39 is 0 Å². The minimum Gasteiger partial charge on any atom is -1.00 e. The fraction of sp³-hybridized carbons (Fsp3) is 0.167. The van der Waals surface area contributed by atoms with Crippen molar-refractivity contribution in [2.24, 2.45) is 0 Å². The van der Waals surface area contributed by atoms with Crippen molar-refractivity contribution in [2.45, 2.75) is 6.92 Å². The summed E-state index contributed by atoms with van der Waals surface area (Å²) < 4.78 is 1.12. The molecule has 0 unspecified atom stereocenters. The first kappa shape index (κ1) is 9.40. The minimum atomic E-state index is 0. The van der Waals surface area contributed by atoms with Gasteiger partial charge in [-0.25, -0.2) is 0 Å². The summed E-state index contributed by atoms with van der Waals surface area (Å²) in [7, 11) is 0. The Balaban J connectivity index is 0.000000640. The Morgan fingerprint density at radius 2 is 2.22 bits per heavy atom. The fourth-order valence-electron chi connectivity index (χ4n) is 0.599. The second kappa shape index (κ2) is 4.25. The molecule has 0 aliphatic heterocycles. The summed E-state index contributed by atoms with van der Waals surface area (Å²) in [6, 6.07) is 4.07. The molecule has 0 N–H and O–H groups in total. The first-order chi connectivity index (χ1) is 3.79. The molecule has 44 valence electrons. The second-order valence-electron chi connectivity index (χ2n) is 1.82. The summed E-state index contributed by atoms with van der Waals surface area (Å²) in [5.41, 5.74) is 1.28. The Labute approximate surface area is 78.1 Å². The maximum absolute atomic E-state index is 4.05. The molecule has 0 spiro atoms. The first-order valence-electron chi connectivity index (χ1n) is 2.53. The maximum Gasteiger partial charge on any atom is -1.00 e. The smallest absolute Gasteiger partial charge is 1.00 e. The number of hydrogen-bond acceptors (Lipinski definition) is 1. The van der Waals surface area contributed by atoms with Crippen LogP contribution in [0, 0.1) is 6.92 Å². The quantitative estimate of drug-likeness (QED) is 0.408. The van der Waals surface area contributed by atoms with Crippen molar-refractivity contribution in [3.8, 4) is 0 Å². The van der Waals surface area contributed by atoms with Gasteiger partial charge in [-0.1, -0.05) is 0 Å². The second-order valence-corrected chi connectivity index (χ2v) is 2.55. The molecule has 1 aromatic rings. The van der Waals surface area contributed by atoms with E-state index in [0.29, 0.717) is 0 Å². The molecule has 1 aromatic heterocycles. The zero-order valence-electron chi connectivity index (χ0n) is 5.26. The van der Waals surface area contributed by atoms with Crippen LogP contribution in [0.15, 0.2) is 18.3 Å². The molecular weight excluding hydrogens is 190 g/mol. The molecule has 0 amide bonds. The number of halogens is 1. The van der Waals surface area contributed by atoms with Gasteiger partial charge in [0.25, 0.3) is 0 Å². The van der Waals surface area contributed by atoms with E-state index in [0.717, 1.165) is 3.82 Å². The van der Waals surface area contributed by atoms with Gasteiger partial charge < -0.3 is 17.0 Å². The van der Waals surface area contributed by atoms with Crippen molar-refractivity contribution in [1.82, 2.24) is 4.98 Å². The van der Waals surface area contributed by atoms with Crippen molar-refractivity contribution in [3.05, 3.63) is 23.9 Å². The van der Waals surface area contributed by atoms with Crippen molar-refractivity contribution in [1.29, 1.82) is 0 Å². The molecule has 0 saturated heterocycles. The number of hydrogen-bond donors (Lipinski definition) is 0. The average Bonchev–Trinajstić information content (AvgIpc) is 1.64. The molecule has 0 atom stereocenters. The Bertz CT molecular complexity index is 173. The zero-order valence-corrected chi connectivity index (χ0v) is 8.26. The van der Waals surface area contributed by atoms with E-state index in [1.165, 1.54) is 5.56 Å². The third kappa shape index (κ3) is 3.18. The average molecular weight is 196 g/mol. The molecule has 0 aromatic carbocycles. The Kier molecular flexibility index (Phi) is 4.44. The summed E-state index contributed by atoms with van der Waals surface area (Å²) >= 11 is 1.81. The van der Waals surface area contributed by atoms with E-state index in [1.807, 2.05) is 12.3 Å². The Hall–Kier alpha value is 0.396. The van der Waals surface area contributed by atoms with Crippen molar-refractivity contribution >= 4 is 25.5 Å². The summed E-state index contributed by atoms with van der Waals surface area (Å²) in [5.74, 6) is 0. The van der Waals surface area contributed by atoms with Crippen LogP contribution in [0.5, 0.6) is 0 Å². The van der Waals surface area contributed by atoms with Gasteiger partial charge in [-0.2, -0.15) is 0 Å². The van der Waals surface area contributed by atoms with Gasteiger partial charge in [0.1, 0.15) is 0 Å². The predicted molar refractivity (Wildman–Crippen MR) is 34.4 cm³/mol. The van der Waals surface area contributed by atoms with Gasteiger partial charge in [0, 0.05) is 0 Å². The van der Waals surface area contributed by atoms with Crippen molar-refractivity contribution < 1.29 is 17.0 Å². The summed E-state index contributed by atoms with van der Waals surface area (Å²) in [6.07, 6.45) is 1.83. The van der Waals surface area contributed by atoms with Gasteiger partial charge in [-0.05, 0) is 0 Å². The molecule has 1 heterocycles. The van der Waals surface area contributed by atoms with Crippen LogP contribution in [-0.2, 0) is 0 Å². The number of nitrogens with zero attached hydrogens (tertiary/aromatic N) is 1. The van der Waals surface area contributed by atoms with Crippen LogP contribution in [0.2, 0.25) is 0 Å². The van der Waals surface area contributed by atoms with E-state index in [1.54, 1.807) is 21.7 Å². The molecule has 0 saturated carbocycles. The first-order valence-corrected chi connectivity index (χ1v) is 3.24. The molecule has 9 heavy (non-hydrogen) atoms. The Morgan fingerprint density at radius 3 is 2.56 bits per heavy atom. The molecule has 0 bridgehead atoms. The van der Waals surface area contributed by atoms with Crippen LogP contribution in [0.4, 0.5) is 0 Å². The van der Waals surface area contributed by atoms with Crippen LogP contribution in [-0.4, -0.2) is 26.7 Å². The third-order valence-corrected chi connectivity index (χ3v) is 1.36. The van der Waals surface area contributed by atoms with E-state index in [-0.39, 0.29) is 17.0 Å². The molecule has 1 nitrogen and oxygen atoms in total. The summed E-state index contributed by atoms with van der Waals surface area (Å²) in [4.78, 5) is 4.05. The Morgan fingerprint density at radius 1 is 1.56 bits per heavy atom. The standard InChI is InChI=1S/C6H6N.BrH.Mg/c1-6-2-4-7-5-3-6;;/h2-4H,1H3;1H;/q;;+1/p-1. The van der Waals surface area contributed by atoms with Gasteiger partial charge in [0.2, 0.25) is 0 Å². The molecule has 0 aliphatic carbocycles. The van der Waals surface area contributed by atoms with E-state index >= 15 is 0 Å². The number of rotatable bonds is 0. The van der Waals surface area contributed by atoms with Crippen LogP contribution in [0.3, 0.4) is 0 Å². The molecule has 0 aliphatic rings. The molecular formula is C6H6BrMgN. The molecule has 0 fully saturated rings.